The molecule has 0 spiro atoms. The van der Waals surface area contributed by atoms with Crippen LogP contribution in [-0.4, -0.2) is 57.5 Å². The zero-order valence-corrected chi connectivity index (χ0v) is 15.3. The molecule has 1 amide bonds. The second kappa shape index (κ2) is 6.95. The molecule has 25 heavy (non-hydrogen) atoms. The third-order valence-corrected chi connectivity index (χ3v) is 5.04. The number of rotatable bonds is 5. The zero-order chi connectivity index (χ0) is 18.0. The Morgan fingerprint density at radius 2 is 2.08 bits per heavy atom. The molecule has 0 radical (unpaired) electrons. The number of carbonyl (C=O) groups excluding carboxylic acids is 1. The summed E-state index contributed by atoms with van der Waals surface area (Å²) in [5.74, 6) is 1.33. The minimum absolute atomic E-state index is 0.0373. The second-order valence-corrected chi connectivity index (χ2v) is 6.75. The number of ether oxygens (including phenoxy) is 1. The van der Waals surface area contributed by atoms with Crippen LogP contribution in [0.3, 0.4) is 0 Å². The maximum Gasteiger partial charge on any atom is 0.257 e. The number of hydrogen-bond donors (Lipinski definition) is 0. The Labute approximate surface area is 147 Å². The molecule has 1 aliphatic rings. The summed E-state index contributed by atoms with van der Waals surface area (Å²) >= 11 is 0. The van der Waals surface area contributed by atoms with E-state index in [2.05, 4.69) is 15.2 Å². The molecule has 3 rings (SSSR count). The molecule has 0 bridgehead atoms. The number of hydrogen-bond acceptors (Lipinski definition) is 6. The van der Waals surface area contributed by atoms with Crippen molar-refractivity contribution in [3.05, 3.63) is 29.2 Å². The molecule has 136 valence electrons. The molecule has 0 unspecified atom stereocenters. The van der Waals surface area contributed by atoms with Crippen molar-refractivity contribution < 1.29 is 14.1 Å². The number of carbonyl (C=O) groups is 1. The fourth-order valence-corrected chi connectivity index (χ4v) is 3.52. The smallest absolute Gasteiger partial charge is 0.257 e. The Morgan fingerprint density at radius 1 is 1.36 bits per heavy atom. The molecule has 1 aliphatic heterocycles. The number of nitrogens with zero attached hydrogens (tertiary/aromatic N) is 5. The van der Waals surface area contributed by atoms with Crippen LogP contribution in [0, 0.1) is 13.8 Å². The summed E-state index contributed by atoms with van der Waals surface area (Å²) in [5, 5.41) is 8.42. The van der Waals surface area contributed by atoms with E-state index in [4.69, 9.17) is 9.26 Å². The molecular formula is C17H25N5O3. The van der Waals surface area contributed by atoms with Crippen LogP contribution in [0.4, 0.5) is 0 Å². The maximum atomic E-state index is 12.8. The van der Waals surface area contributed by atoms with E-state index in [-0.39, 0.29) is 11.3 Å². The fraction of sp³-hybridized carbons (Fsp3) is 0.647. The molecule has 2 aromatic rings. The predicted molar refractivity (Wildman–Crippen MR) is 90.3 cm³/mol. The Hall–Kier alpha value is -2.22. The highest BCUT2D eigenvalue weighted by atomic mass is 16.5. The van der Waals surface area contributed by atoms with Crippen LogP contribution in [-0.2, 0) is 17.2 Å². The van der Waals surface area contributed by atoms with Crippen LogP contribution in [0.1, 0.15) is 47.0 Å². The van der Waals surface area contributed by atoms with Crippen LogP contribution in [0.25, 0.3) is 0 Å². The highest BCUT2D eigenvalue weighted by Crippen LogP contribution is 2.37. The lowest BCUT2D eigenvalue weighted by Crippen LogP contribution is -2.46. The van der Waals surface area contributed by atoms with E-state index in [1.807, 2.05) is 18.9 Å². The molecule has 0 atom stereocenters. The van der Waals surface area contributed by atoms with E-state index in [0.717, 1.165) is 30.8 Å². The predicted octanol–water partition coefficient (Wildman–Crippen LogP) is 1.63. The largest absolute Gasteiger partial charge is 0.385 e. The van der Waals surface area contributed by atoms with Gasteiger partial charge in [0.2, 0.25) is 5.89 Å². The normalized spacial score (nSPS) is 17.0. The number of methoxy groups -OCH3 is 1. The Kier molecular flexibility index (Phi) is 4.89. The first kappa shape index (κ1) is 17.6. The molecule has 0 saturated carbocycles. The Bertz CT molecular complexity index is 743. The average Bonchev–Trinajstić information content (AvgIpc) is 3.18. The van der Waals surface area contributed by atoms with Crippen molar-refractivity contribution in [1.82, 2.24) is 24.8 Å². The third kappa shape index (κ3) is 3.44. The molecular weight excluding hydrogens is 322 g/mol. The van der Waals surface area contributed by atoms with E-state index < -0.39 is 0 Å². The molecule has 0 aromatic carbocycles. The Balaban J connectivity index is 1.75. The first-order chi connectivity index (χ1) is 11.9. The zero-order valence-electron chi connectivity index (χ0n) is 15.3. The van der Waals surface area contributed by atoms with Gasteiger partial charge in [-0.1, -0.05) is 5.16 Å². The van der Waals surface area contributed by atoms with Gasteiger partial charge in [0.1, 0.15) is 0 Å². The number of aryl methyl sites for hydroxylation is 3. The van der Waals surface area contributed by atoms with Gasteiger partial charge in [0.25, 0.3) is 5.91 Å². The van der Waals surface area contributed by atoms with Gasteiger partial charge < -0.3 is 14.2 Å². The standard InChI is InChI=1S/C17H25N5O3/c1-12-14(11-21(3)19-12)15(23)22-8-5-17(6-9-22,7-10-24-4)16-18-13(2)25-20-16/h11H,5-10H2,1-4H3. The van der Waals surface area contributed by atoms with Gasteiger partial charge in [0.05, 0.1) is 11.3 Å². The molecule has 8 heteroatoms. The number of piperidine rings is 1. The van der Waals surface area contributed by atoms with Crippen molar-refractivity contribution in [1.29, 1.82) is 0 Å². The number of aromatic nitrogens is 4. The van der Waals surface area contributed by atoms with Crippen LogP contribution >= 0.6 is 0 Å². The monoisotopic (exact) mass is 347 g/mol. The summed E-state index contributed by atoms with van der Waals surface area (Å²) < 4.78 is 12.2. The topological polar surface area (TPSA) is 86.3 Å². The lowest BCUT2D eigenvalue weighted by atomic mass is 9.75. The van der Waals surface area contributed by atoms with Gasteiger partial charge in [-0.05, 0) is 26.2 Å². The van der Waals surface area contributed by atoms with E-state index >= 15 is 0 Å². The first-order valence-corrected chi connectivity index (χ1v) is 8.54. The summed E-state index contributed by atoms with van der Waals surface area (Å²) in [6, 6.07) is 0. The van der Waals surface area contributed by atoms with Crippen LogP contribution in [0.15, 0.2) is 10.7 Å². The van der Waals surface area contributed by atoms with E-state index in [0.29, 0.717) is 31.2 Å². The van der Waals surface area contributed by atoms with Gasteiger partial charge in [-0.25, -0.2) is 0 Å². The summed E-state index contributed by atoms with van der Waals surface area (Å²) in [6.07, 6.45) is 4.18. The quantitative estimate of drug-likeness (QED) is 0.817. The van der Waals surface area contributed by atoms with Crippen LogP contribution in [0.5, 0.6) is 0 Å². The summed E-state index contributed by atoms with van der Waals surface area (Å²) in [7, 11) is 3.52. The highest BCUT2D eigenvalue weighted by molar-refractivity contribution is 5.95. The van der Waals surface area contributed by atoms with Gasteiger partial charge in [-0.3, -0.25) is 9.48 Å². The molecule has 8 nitrogen and oxygen atoms in total. The van der Waals surface area contributed by atoms with Crippen molar-refractivity contribution in [3.63, 3.8) is 0 Å². The Morgan fingerprint density at radius 3 is 2.60 bits per heavy atom. The molecule has 2 aromatic heterocycles. The lowest BCUT2D eigenvalue weighted by Gasteiger charge is -2.39. The van der Waals surface area contributed by atoms with Crippen molar-refractivity contribution in [2.24, 2.45) is 7.05 Å². The summed E-state index contributed by atoms with van der Waals surface area (Å²) in [5.41, 5.74) is 1.23. The van der Waals surface area contributed by atoms with E-state index in [1.165, 1.54) is 0 Å². The van der Waals surface area contributed by atoms with Gasteiger partial charge in [0.15, 0.2) is 5.82 Å². The first-order valence-electron chi connectivity index (χ1n) is 8.54. The van der Waals surface area contributed by atoms with E-state index in [1.54, 1.807) is 24.9 Å². The SMILES string of the molecule is COCCC1(c2noc(C)n2)CCN(C(=O)c2cn(C)nc2C)CC1. The van der Waals surface area contributed by atoms with Crippen molar-refractivity contribution in [2.75, 3.05) is 26.8 Å². The lowest BCUT2D eigenvalue weighted by molar-refractivity contribution is 0.0615. The van der Waals surface area contributed by atoms with E-state index in [9.17, 15) is 4.79 Å². The molecule has 0 aliphatic carbocycles. The van der Waals surface area contributed by atoms with Crippen molar-refractivity contribution in [2.45, 2.75) is 38.5 Å². The summed E-state index contributed by atoms with van der Waals surface area (Å²) in [4.78, 5) is 19.1. The van der Waals surface area contributed by atoms with Gasteiger partial charge in [-0.2, -0.15) is 10.1 Å². The maximum absolute atomic E-state index is 12.8. The molecule has 1 saturated heterocycles. The number of likely N-dealkylation sites (tertiary alicyclic amines) is 1. The fourth-order valence-electron chi connectivity index (χ4n) is 3.52. The van der Waals surface area contributed by atoms with Crippen molar-refractivity contribution >= 4 is 5.91 Å². The van der Waals surface area contributed by atoms with Crippen molar-refractivity contribution in [3.8, 4) is 0 Å². The summed E-state index contributed by atoms with van der Waals surface area (Å²) in [6.45, 7) is 5.60. The third-order valence-electron chi connectivity index (χ3n) is 5.04. The minimum atomic E-state index is -0.200. The van der Waals surface area contributed by atoms with Crippen LogP contribution < -0.4 is 0 Å². The van der Waals surface area contributed by atoms with Gasteiger partial charge in [0, 0.05) is 52.4 Å². The van der Waals surface area contributed by atoms with Gasteiger partial charge in [-0.15, -0.1) is 0 Å². The molecule has 1 fully saturated rings. The average molecular weight is 347 g/mol. The highest BCUT2D eigenvalue weighted by Gasteiger charge is 2.41. The van der Waals surface area contributed by atoms with Gasteiger partial charge >= 0.3 is 0 Å². The van der Waals surface area contributed by atoms with Crippen LogP contribution in [0.2, 0.25) is 0 Å². The molecule has 0 N–H and O–H groups in total. The second-order valence-electron chi connectivity index (χ2n) is 6.75. The number of amides is 1. The minimum Gasteiger partial charge on any atom is -0.385 e. The molecule has 3 heterocycles.